The molecule has 1 atom stereocenters. The standard InChI is InChI=1S/C12H15ClFNO/c13-10-4-3-9(12(14)6-10)8-16-11-2-1-5-15-7-11/h3-4,6,11,15H,1-2,5,7-8H2/t11-/m0/s1. The van der Waals surface area contributed by atoms with Gasteiger partial charge in [0.25, 0.3) is 0 Å². The number of rotatable bonds is 3. The van der Waals surface area contributed by atoms with Crippen molar-refractivity contribution in [1.29, 1.82) is 0 Å². The minimum Gasteiger partial charge on any atom is -0.372 e. The monoisotopic (exact) mass is 243 g/mol. The van der Waals surface area contributed by atoms with Gasteiger partial charge in [0, 0.05) is 17.1 Å². The molecule has 0 radical (unpaired) electrons. The summed E-state index contributed by atoms with van der Waals surface area (Å²) in [5, 5.41) is 3.67. The highest BCUT2D eigenvalue weighted by molar-refractivity contribution is 6.30. The molecule has 1 N–H and O–H groups in total. The van der Waals surface area contributed by atoms with Gasteiger partial charge < -0.3 is 10.1 Å². The summed E-state index contributed by atoms with van der Waals surface area (Å²) in [7, 11) is 0. The van der Waals surface area contributed by atoms with Crippen LogP contribution in [0.25, 0.3) is 0 Å². The molecule has 0 aliphatic carbocycles. The predicted molar refractivity (Wildman–Crippen MR) is 62.1 cm³/mol. The zero-order valence-electron chi connectivity index (χ0n) is 9.01. The van der Waals surface area contributed by atoms with Gasteiger partial charge in [-0.2, -0.15) is 0 Å². The Morgan fingerprint density at radius 3 is 3.06 bits per heavy atom. The van der Waals surface area contributed by atoms with Crippen molar-refractivity contribution < 1.29 is 9.13 Å². The highest BCUT2D eigenvalue weighted by Crippen LogP contribution is 2.17. The molecule has 1 saturated heterocycles. The molecule has 1 fully saturated rings. The molecule has 0 saturated carbocycles. The number of ether oxygens (including phenoxy) is 1. The largest absolute Gasteiger partial charge is 0.372 e. The van der Waals surface area contributed by atoms with Crippen LogP contribution in [0.5, 0.6) is 0 Å². The van der Waals surface area contributed by atoms with E-state index in [0.29, 0.717) is 17.2 Å². The summed E-state index contributed by atoms with van der Waals surface area (Å²) < 4.78 is 19.1. The minimum absolute atomic E-state index is 0.198. The quantitative estimate of drug-likeness (QED) is 0.882. The molecule has 0 amide bonds. The van der Waals surface area contributed by atoms with Crippen molar-refractivity contribution in [3.05, 3.63) is 34.6 Å². The van der Waals surface area contributed by atoms with Gasteiger partial charge >= 0.3 is 0 Å². The van der Waals surface area contributed by atoms with E-state index in [9.17, 15) is 4.39 Å². The lowest BCUT2D eigenvalue weighted by atomic mass is 10.1. The zero-order chi connectivity index (χ0) is 11.4. The normalized spacial score (nSPS) is 21.0. The maximum absolute atomic E-state index is 13.4. The van der Waals surface area contributed by atoms with Crippen molar-refractivity contribution in [3.8, 4) is 0 Å². The Balaban J connectivity index is 1.88. The number of halogens is 2. The van der Waals surface area contributed by atoms with Crippen molar-refractivity contribution in [2.75, 3.05) is 13.1 Å². The second-order valence-electron chi connectivity index (χ2n) is 4.02. The van der Waals surface area contributed by atoms with Gasteiger partial charge in [0.05, 0.1) is 12.7 Å². The van der Waals surface area contributed by atoms with Crippen molar-refractivity contribution in [1.82, 2.24) is 5.32 Å². The summed E-state index contributed by atoms with van der Waals surface area (Å²) in [6.45, 7) is 2.22. The zero-order valence-corrected chi connectivity index (χ0v) is 9.77. The van der Waals surface area contributed by atoms with Gasteiger partial charge in [-0.25, -0.2) is 4.39 Å². The maximum atomic E-state index is 13.4. The van der Waals surface area contributed by atoms with Gasteiger partial charge in [-0.05, 0) is 31.5 Å². The third kappa shape index (κ3) is 3.17. The highest BCUT2D eigenvalue weighted by atomic mass is 35.5. The van der Waals surface area contributed by atoms with Gasteiger partial charge in [-0.3, -0.25) is 0 Å². The minimum atomic E-state index is -0.295. The van der Waals surface area contributed by atoms with E-state index in [4.69, 9.17) is 16.3 Å². The fourth-order valence-electron chi connectivity index (χ4n) is 1.81. The molecule has 2 rings (SSSR count). The third-order valence-electron chi connectivity index (χ3n) is 2.74. The number of piperidine rings is 1. The average Bonchev–Trinajstić information content (AvgIpc) is 2.29. The Labute approximate surface area is 99.7 Å². The van der Waals surface area contributed by atoms with Gasteiger partial charge in [0.1, 0.15) is 5.82 Å². The van der Waals surface area contributed by atoms with E-state index in [-0.39, 0.29) is 11.9 Å². The molecule has 0 bridgehead atoms. The molecule has 16 heavy (non-hydrogen) atoms. The third-order valence-corrected chi connectivity index (χ3v) is 2.98. The molecular formula is C12H15ClFNO. The molecular weight excluding hydrogens is 229 g/mol. The average molecular weight is 244 g/mol. The van der Waals surface area contributed by atoms with Crippen molar-refractivity contribution >= 4 is 11.6 Å². The van der Waals surface area contributed by atoms with Crippen LogP contribution in [0.4, 0.5) is 4.39 Å². The van der Waals surface area contributed by atoms with Crippen molar-refractivity contribution in [3.63, 3.8) is 0 Å². The van der Waals surface area contributed by atoms with Crippen LogP contribution in [0.15, 0.2) is 18.2 Å². The molecule has 1 aromatic carbocycles. The lowest BCUT2D eigenvalue weighted by molar-refractivity contribution is 0.0239. The fourth-order valence-corrected chi connectivity index (χ4v) is 1.97. The second kappa shape index (κ2) is 5.62. The summed E-state index contributed by atoms with van der Waals surface area (Å²) in [6, 6.07) is 4.68. The molecule has 88 valence electrons. The molecule has 1 heterocycles. The van der Waals surface area contributed by atoms with Crippen LogP contribution in [0, 0.1) is 5.82 Å². The topological polar surface area (TPSA) is 21.3 Å². The van der Waals surface area contributed by atoms with Gasteiger partial charge in [-0.15, -0.1) is 0 Å². The van der Waals surface area contributed by atoms with E-state index in [2.05, 4.69) is 5.32 Å². The van der Waals surface area contributed by atoms with E-state index >= 15 is 0 Å². The molecule has 0 unspecified atom stereocenters. The Morgan fingerprint density at radius 2 is 2.38 bits per heavy atom. The van der Waals surface area contributed by atoms with Crippen molar-refractivity contribution in [2.45, 2.75) is 25.6 Å². The van der Waals surface area contributed by atoms with Gasteiger partial charge in [-0.1, -0.05) is 17.7 Å². The lowest BCUT2D eigenvalue weighted by Gasteiger charge is -2.23. The molecule has 0 aromatic heterocycles. The van der Waals surface area contributed by atoms with Crippen LogP contribution >= 0.6 is 11.6 Å². The molecule has 0 spiro atoms. The molecule has 2 nitrogen and oxygen atoms in total. The number of benzene rings is 1. The van der Waals surface area contributed by atoms with Crippen LogP contribution < -0.4 is 5.32 Å². The van der Waals surface area contributed by atoms with Gasteiger partial charge in [0.2, 0.25) is 0 Å². The number of nitrogens with one attached hydrogen (secondary N) is 1. The lowest BCUT2D eigenvalue weighted by Crippen LogP contribution is -2.35. The summed E-state index contributed by atoms with van der Waals surface area (Å²) in [6.07, 6.45) is 2.36. The Kier molecular flexibility index (Phi) is 4.16. The van der Waals surface area contributed by atoms with E-state index in [1.54, 1.807) is 12.1 Å². The second-order valence-corrected chi connectivity index (χ2v) is 4.45. The van der Waals surface area contributed by atoms with Crippen LogP contribution in [0.2, 0.25) is 5.02 Å². The van der Waals surface area contributed by atoms with E-state index in [1.165, 1.54) is 6.07 Å². The van der Waals surface area contributed by atoms with E-state index in [0.717, 1.165) is 25.9 Å². The van der Waals surface area contributed by atoms with E-state index < -0.39 is 0 Å². The summed E-state index contributed by atoms with van der Waals surface area (Å²) in [5.74, 6) is -0.295. The highest BCUT2D eigenvalue weighted by Gasteiger charge is 2.14. The summed E-state index contributed by atoms with van der Waals surface area (Å²) in [4.78, 5) is 0. The Hall–Kier alpha value is -0.640. The molecule has 1 aromatic rings. The Bertz CT molecular complexity index is 353. The smallest absolute Gasteiger partial charge is 0.130 e. The first-order chi connectivity index (χ1) is 7.75. The summed E-state index contributed by atoms with van der Waals surface area (Å²) >= 11 is 5.67. The first-order valence-electron chi connectivity index (χ1n) is 5.52. The first-order valence-corrected chi connectivity index (χ1v) is 5.90. The van der Waals surface area contributed by atoms with Crippen LogP contribution in [-0.2, 0) is 11.3 Å². The molecule has 1 aliphatic heterocycles. The Morgan fingerprint density at radius 1 is 1.50 bits per heavy atom. The number of hydrogen-bond donors (Lipinski definition) is 1. The summed E-state index contributed by atoms with van der Waals surface area (Å²) in [5.41, 5.74) is 0.565. The first kappa shape index (κ1) is 11.8. The van der Waals surface area contributed by atoms with Crippen LogP contribution in [0.3, 0.4) is 0 Å². The van der Waals surface area contributed by atoms with Gasteiger partial charge in [0.15, 0.2) is 0 Å². The van der Waals surface area contributed by atoms with Crippen LogP contribution in [0.1, 0.15) is 18.4 Å². The fraction of sp³-hybridized carbons (Fsp3) is 0.500. The van der Waals surface area contributed by atoms with Crippen LogP contribution in [-0.4, -0.2) is 19.2 Å². The maximum Gasteiger partial charge on any atom is 0.130 e. The van der Waals surface area contributed by atoms with E-state index in [1.807, 2.05) is 0 Å². The molecule has 1 aliphatic rings. The SMILES string of the molecule is Fc1cc(Cl)ccc1CO[C@H]1CCCNC1. The molecule has 4 heteroatoms. The van der Waals surface area contributed by atoms with Crippen molar-refractivity contribution in [2.24, 2.45) is 0 Å². The number of hydrogen-bond acceptors (Lipinski definition) is 2. The predicted octanol–water partition coefficient (Wildman–Crippen LogP) is 2.75.